The van der Waals surface area contributed by atoms with Gasteiger partial charge >= 0.3 is 0 Å². The molecule has 1 atom stereocenters. The number of nitrogens with two attached hydrogens (primary N) is 1. The summed E-state index contributed by atoms with van der Waals surface area (Å²) in [5.74, 6) is 1.27. The van der Waals surface area contributed by atoms with Crippen molar-refractivity contribution < 1.29 is 14.3 Å². The van der Waals surface area contributed by atoms with Crippen LogP contribution in [0.3, 0.4) is 0 Å². The van der Waals surface area contributed by atoms with E-state index in [1.807, 2.05) is 25.1 Å². The zero-order chi connectivity index (χ0) is 16.2. The van der Waals surface area contributed by atoms with Crippen LogP contribution < -0.4 is 20.5 Å². The highest BCUT2D eigenvalue weighted by Gasteiger charge is 2.19. The van der Waals surface area contributed by atoms with Gasteiger partial charge in [0.1, 0.15) is 23.9 Å². The average molecular weight is 333 g/mol. The molecule has 23 heavy (non-hydrogen) atoms. The number of fused-ring (bicyclic) bond motifs is 1. The van der Waals surface area contributed by atoms with E-state index < -0.39 is 0 Å². The minimum atomic E-state index is -0.192. The summed E-state index contributed by atoms with van der Waals surface area (Å²) in [6, 6.07) is 5.65. The third-order valence-electron chi connectivity index (χ3n) is 3.64. The van der Waals surface area contributed by atoms with Crippen molar-refractivity contribution in [3.8, 4) is 11.5 Å². The molecule has 6 nitrogen and oxygen atoms in total. The topological polar surface area (TPSA) is 86.5 Å². The van der Waals surface area contributed by atoms with Crippen molar-refractivity contribution in [1.82, 2.24) is 10.3 Å². The van der Waals surface area contributed by atoms with Crippen LogP contribution in [-0.4, -0.2) is 24.1 Å². The van der Waals surface area contributed by atoms with Crippen LogP contribution in [0.25, 0.3) is 0 Å². The molecule has 0 saturated carbocycles. The summed E-state index contributed by atoms with van der Waals surface area (Å²) in [4.78, 5) is 16.6. The number of aromatic nitrogens is 1. The predicted molar refractivity (Wildman–Crippen MR) is 87.9 cm³/mol. The van der Waals surface area contributed by atoms with Gasteiger partial charge in [-0.15, -0.1) is 11.3 Å². The molecule has 1 amide bonds. The summed E-state index contributed by atoms with van der Waals surface area (Å²) >= 11 is 1.39. The van der Waals surface area contributed by atoms with E-state index in [0.29, 0.717) is 25.5 Å². The molecule has 2 aromatic rings. The van der Waals surface area contributed by atoms with Gasteiger partial charge in [-0.25, -0.2) is 4.98 Å². The molecule has 2 heterocycles. The number of amides is 1. The first-order valence-corrected chi connectivity index (χ1v) is 8.44. The number of carbonyl (C=O) groups is 1. The molecule has 1 aromatic carbocycles. The highest BCUT2D eigenvalue weighted by molar-refractivity contribution is 7.09. The van der Waals surface area contributed by atoms with Gasteiger partial charge in [0.2, 0.25) is 0 Å². The first kappa shape index (κ1) is 15.8. The van der Waals surface area contributed by atoms with Crippen LogP contribution in [0.15, 0.2) is 23.6 Å². The Bertz CT molecular complexity index is 702. The standard InChI is InChI=1S/C16H19N3O3S/c1-2-11(19-16(20)12-9-23-15(8-17)18-12)10-3-4-13-14(7-10)22-6-5-21-13/h3-4,7,9,11H,2,5-6,8,17H2,1H3,(H,19,20). The molecule has 122 valence electrons. The van der Waals surface area contributed by atoms with Crippen LogP contribution in [0.2, 0.25) is 0 Å². The van der Waals surface area contributed by atoms with E-state index in [-0.39, 0.29) is 11.9 Å². The van der Waals surface area contributed by atoms with Gasteiger partial charge in [0, 0.05) is 11.9 Å². The van der Waals surface area contributed by atoms with E-state index in [9.17, 15) is 4.79 Å². The Morgan fingerprint density at radius 1 is 1.39 bits per heavy atom. The summed E-state index contributed by atoms with van der Waals surface area (Å²) in [6.45, 7) is 3.47. The van der Waals surface area contributed by atoms with Gasteiger partial charge in [-0.1, -0.05) is 13.0 Å². The molecule has 1 aliphatic heterocycles. The van der Waals surface area contributed by atoms with Crippen LogP contribution in [0.5, 0.6) is 11.5 Å². The zero-order valence-corrected chi connectivity index (χ0v) is 13.7. The molecule has 0 radical (unpaired) electrons. The molecular formula is C16H19N3O3S. The van der Waals surface area contributed by atoms with Gasteiger partial charge in [0.25, 0.3) is 5.91 Å². The number of hydrogen-bond donors (Lipinski definition) is 2. The van der Waals surface area contributed by atoms with Crippen LogP contribution >= 0.6 is 11.3 Å². The van der Waals surface area contributed by atoms with E-state index in [2.05, 4.69) is 10.3 Å². The number of nitrogens with one attached hydrogen (secondary N) is 1. The Morgan fingerprint density at radius 3 is 2.87 bits per heavy atom. The van der Waals surface area contributed by atoms with E-state index in [4.69, 9.17) is 15.2 Å². The largest absolute Gasteiger partial charge is 0.486 e. The zero-order valence-electron chi connectivity index (χ0n) is 12.9. The molecule has 0 fully saturated rings. The fraction of sp³-hybridized carbons (Fsp3) is 0.375. The summed E-state index contributed by atoms with van der Waals surface area (Å²) in [6.07, 6.45) is 0.763. The minimum absolute atomic E-state index is 0.110. The van der Waals surface area contributed by atoms with Crippen LogP contribution in [0.4, 0.5) is 0 Å². The summed E-state index contributed by atoms with van der Waals surface area (Å²) in [5, 5.41) is 5.49. The Balaban J connectivity index is 1.75. The van der Waals surface area contributed by atoms with Gasteiger partial charge in [0.15, 0.2) is 11.5 Å². The van der Waals surface area contributed by atoms with Crippen molar-refractivity contribution in [3.05, 3.63) is 39.8 Å². The van der Waals surface area contributed by atoms with Gasteiger partial charge in [-0.05, 0) is 24.1 Å². The van der Waals surface area contributed by atoms with Crippen LogP contribution in [0, 0.1) is 0 Å². The molecule has 0 aliphatic carbocycles. The van der Waals surface area contributed by atoms with Crippen molar-refractivity contribution in [2.24, 2.45) is 5.73 Å². The van der Waals surface area contributed by atoms with Crippen molar-refractivity contribution in [3.63, 3.8) is 0 Å². The Labute approximate surface area is 138 Å². The van der Waals surface area contributed by atoms with Crippen LogP contribution in [0.1, 0.15) is 40.4 Å². The second kappa shape index (κ2) is 6.97. The predicted octanol–water partition coefficient (Wildman–Crippen LogP) is 2.25. The first-order chi connectivity index (χ1) is 11.2. The smallest absolute Gasteiger partial charge is 0.271 e. The average Bonchev–Trinajstić information content (AvgIpc) is 3.08. The Kier molecular flexibility index (Phi) is 4.78. The van der Waals surface area contributed by atoms with Crippen molar-refractivity contribution in [1.29, 1.82) is 0 Å². The maximum Gasteiger partial charge on any atom is 0.271 e. The number of rotatable bonds is 5. The third kappa shape index (κ3) is 3.46. The normalized spacial score (nSPS) is 14.3. The highest BCUT2D eigenvalue weighted by Crippen LogP contribution is 2.33. The number of hydrogen-bond acceptors (Lipinski definition) is 6. The number of thiazole rings is 1. The second-order valence-electron chi connectivity index (χ2n) is 5.17. The number of nitrogens with zero attached hydrogens (tertiary/aromatic N) is 1. The minimum Gasteiger partial charge on any atom is -0.486 e. The summed E-state index contributed by atoms with van der Waals surface area (Å²) < 4.78 is 11.1. The molecule has 7 heteroatoms. The molecular weight excluding hydrogens is 314 g/mol. The summed E-state index contributed by atoms with van der Waals surface area (Å²) in [5.41, 5.74) is 6.93. The molecule has 1 aliphatic rings. The third-order valence-corrected chi connectivity index (χ3v) is 4.51. The summed E-state index contributed by atoms with van der Waals surface area (Å²) in [7, 11) is 0. The molecule has 3 N–H and O–H groups in total. The van der Waals surface area contributed by atoms with Crippen molar-refractivity contribution >= 4 is 17.2 Å². The molecule has 1 aromatic heterocycles. The van der Waals surface area contributed by atoms with Gasteiger partial charge in [0.05, 0.1) is 6.04 Å². The first-order valence-electron chi connectivity index (χ1n) is 7.56. The second-order valence-corrected chi connectivity index (χ2v) is 6.11. The quantitative estimate of drug-likeness (QED) is 0.876. The molecule has 1 unspecified atom stereocenters. The van der Waals surface area contributed by atoms with E-state index in [0.717, 1.165) is 28.5 Å². The molecule has 0 spiro atoms. The van der Waals surface area contributed by atoms with Gasteiger partial charge < -0.3 is 20.5 Å². The lowest BCUT2D eigenvalue weighted by atomic mass is 10.0. The fourth-order valence-electron chi connectivity index (χ4n) is 2.44. The maximum atomic E-state index is 12.3. The highest BCUT2D eigenvalue weighted by atomic mass is 32.1. The Hall–Kier alpha value is -2.12. The number of benzene rings is 1. The fourth-order valence-corrected chi connectivity index (χ4v) is 3.09. The lowest BCUT2D eigenvalue weighted by Gasteiger charge is -2.22. The molecule has 0 bridgehead atoms. The monoisotopic (exact) mass is 333 g/mol. The van der Waals surface area contributed by atoms with E-state index in [1.165, 1.54) is 11.3 Å². The Morgan fingerprint density at radius 2 is 2.17 bits per heavy atom. The molecule has 0 saturated heterocycles. The lowest BCUT2D eigenvalue weighted by Crippen LogP contribution is -2.28. The lowest BCUT2D eigenvalue weighted by molar-refractivity contribution is 0.0931. The van der Waals surface area contributed by atoms with Gasteiger partial charge in [-0.3, -0.25) is 4.79 Å². The van der Waals surface area contributed by atoms with Crippen LogP contribution in [-0.2, 0) is 6.54 Å². The van der Waals surface area contributed by atoms with Gasteiger partial charge in [-0.2, -0.15) is 0 Å². The van der Waals surface area contributed by atoms with E-state index in [1.54, 1.807) is 5.38 Å². The number of carbonyl (C=O) groups excluding carboxylic acids is 1. The van der Waals surface area contributed by atoms with Crippen molar-refractivity contribution in [2.45, 2.75) is 25.9 Å². The van der Waals surface area contributed by atoms with E-state index >= 15 is 0 Å². The number of ether oxygens (including phenoxy) is 2. The SMILES string of the molecule is CCC(NC(=O)c1csc(CN)n1)c1ccc2c(c1)OCCO2. The van der Waals surface area contributed by atoms with Crippen molar-refractivity contribution in [2.75, 3.05) is 13.2 Å². The molecule has 3 rings (SSSR count). The maximum absolute atomic E-state index is 12.3.